The number of rotatable bonds is 3. The number of pyridine rings is 2. The number of para-hydroxylation sites is 4. The number of nitrogens with zero attached hydrogens (tertiary/aromatic N) is 4. The summed E-state index contributed by atoms with van der Waals surface area (Å²) in [6.07, 6.45) is 7.68. The highest BCUT2D eigenvalue weighted by Crippen LogP contribution is 2.39. The average Bonchev–Trinajstić information content (AvgIpc) is 3.76. The molecule has 5 nitrogen and oxygen atoms in total. The Bertz CT molecular complexity index is 2670. The molecule has 0 aliphatic rings. The number of fused-ring (bicyclic) bond motifs is 9. The van der Waals surface area contributed by atoms with Crippen LogP contribution in [-0.2, 0) is 0 Å². The maximum atomic E-state index is 6.60. The fraction of sp³-hybridized carbons (Fsp3) is 0. The molecule has 0 amide bonds. The average molecular weight is 577 g/mol. The van der Waals surface area contributed by atoms with E-state index >= 15 is 0 Å². The third-order valence-corrected chi connectivity index (χ3v) is 9.09. The van der Waals surface area contributed by atoms with Gasteiger partial charge in [0.15, 0.2) is 0 Å². The van der Waals surface area contributed by atoms with E-state index in [-0.39, 0.29) is 0 Å². The topological polar surface area (TPSA) is 48.8 Å². The lowest BCUT2D eigenvalue weighted by Crippen LogP contribution is -1.95. The second-order valence-corrected chi connectivity index (χ2v) is 11.5. The van der Waals surface area contributed by atoms with Crippen molar-refractivity contribution in [3.05, 3.63) is 146 Å². The van der Waals surface area contributed by atoms with Crippen molar-refractivity contribution in [3.8, 4) is 22.5 Å². The summed E-state index contributed by atoms with van der Waals surface area (Å²) < 4.78 is 11.2. The van der Waals surface area contributed by atoms with Gasteiger partial charge in [0.1, 0.15) is 11.2 Å². The van der Waals surface area contributed by atoms with E-state index in [4.69, 9.17) is 9.40 Å². The Balaban J connectivity index is 1.17. The van der Waals surface area contributed by atoms with Gasteiger partial charge in [0.05, 0.1) is 34.0 Å². The summed E-state index contributed by atoms with van der Waals surface area (Å²) in [5.74, 6) is 0. The molecule has 0 saturated carbocycles. The zero-order valence-corrected chi connectivity index (χ0v) is 24.1. The van der Waals surface area contributed by atoms with Crippen molar-refractivity contribution in [2.75, 3.05) is 0 Å². The Morgan fingerprint density at radius 1 is 0.444 bits per heavy atom. The summed E-state index contributed by atoms with van der Waals surface area (Å²) in [5.41, 5.74) is 10.4. The summed E-state index contributed by atoms with van der Waals surface area (Å²) in [4.78, 5) is 9.13. The molecule has 45 heavy (non-hydrogen) atoms. The zero-order chi connectivity index (χ0) is 29.5. The van der Waals surface area contributed by atoms with Crippen molar-refractivity contribution in [1.82, 2.24) is 19.1 Å². The summed E-state index contributed by atoms with van der Waals surface area (Å²) >= 11 is 0. The molecule has 5 aromatic heterocycles. The Labute approximate surface area is 257 Å². The molecule has 10 aromatic rings. The van der Waals surface area contributed by atoms with E-state index in [1.807, 2.05) is 24.8 Å². The zero-order valence-electron chi connectivity index (χ0n) is 24.1. The molecule has 0 radical (unpaired) electrons. The largest absolute Gasteiger partial charge is 0.455 e. The first kappa shape index (κ1) is 24.3. The van der Waals surface area contributed by atoms with E-state index < -0.39 is 0 Å². The lowest BCUT2D eigenvalue weighted by Gasteiger charge is -2.10. The molecule has 5 heterocycles. The van der Waals surface area contributed by atoms with E-state index in [2.05, 4.69) is 135 Å². The highest BCUT2D eigenvalue weighted by atomic mass is 16.3. The van der Waals surface area contributed by atoms with E-state index in [1.165, 1.54) is 16.2 Å². The lowest BCUT2D eigenvalue weighted by molar-refractivity contribution is 0.670. The Morgan fingerprint density at radius 2 is 1.09 bits per heavy atom. The van der Waals surface area contributed by atoms with Gasteiger partial charge in [-0.05, 0) is 48.5 Å². The van der Waals surface area contributed by atoms with Crippen LogP contribution in [0.15, 0.2) is 151 Å². The third-order valence-electron chi connectivity index (χ3n) is 9.09. The van der Waals surface area contributed by atoms with Gasteiger partial charge in [-0.25, -0.2) is 0 Å². The van der Waals surface area contributed by atoms with Crippen LogP contribution < -0.4 is 0 Å². The summed E-state index contributed by atoms with van der Waals surface area (Å²) in [6, 6.07) is 42.7. The van der Waals surface area contributed by atoms with Gasteiger partial charge in [-0.15, -0.1) is 0 Å². The number of aromatic nitrogens is 4. The second-order valence-electron chi connectivity index (χ2n) is 11.5. The Morgan fingerprint density at radius 3 is 1.84 bits per heavy atom. The van der Waals surface area contributed by atoms with Crippen molar-refractivity contribution in [2.45, 2.75) is 0 Å². The third kappa shape index (κ3) is 3.43. The molecule has 0 fully saturated rings. The standard InChI is InChI=1S/C40H24N4O/c1-4-13-35-29(8-1)30-9-2-5-14-36(30)44(35)27-20-25(22-42-23-27)28-11-7-12-32-33-21-26(16-17-39(33)45-40(28)32)43-37-15-6-3-10-31(37)34-24-41-19-18-38(34)43/h1-24H. The SMILES string of the molecule is c1cc(-c2cncc(-n3c4ccccc4c4ccccc43)c2)c2oc3ccc(-n4c5ccccc5c5cnccc54)cc3c2c1. The quantitative estimate of drug-likeness (QED) is 0.210. The summed E-state index contributed by atoms with van der Waals surface area (Å²) in [7, 11) is 0. The summed E-state index contributed by atoms with van der Waals surface area (Å²) in [6.45, 7) is 0. The van der Waals surface area contributed by atoms with Crippen LogP contribution in [0.2, 0.25) is 0 Å². The van der Waals surface area contributed by atoms with E-state index in [0.29, 0.717) is 0 Å². The van der Waals surface area contributed by atoms with Crippen molar-refractivity contribution in [2.24, 2.45) is 0 Å². The first-order valence-electron chi connectivity index (χ1n) is 15.1. The molecular formula is C40H24N4O. The van der Waals surface area contributed by atoms with Crippen LogP contribution in [0.3, 0.4) is 0 Å². The normalized spacial score (nSPS) is 12.0. The Kier molecular flexibility index (Phi) is 4.93. The highest BCUT2D eigenvalue weighted by Gasteiger charge is 2.17. The number of hydrogen-bond acceptors (Lipinski definition) is 3. The van der Waals surface area contributed by atoms with Crippen molar-refractivity contribution >= 4 is 65.6 Å². The van der Waals surface area contributed by atoms with E-state index in [1.54, 1.807) is 0 Å². The minimum atomic E-state index is 0.857. The molecule has 210 valence electrons. The van der Waals surface area contributed by atoms with Crippen LogP contribution in [0.4, 0.5) is 0 Å². The molecule has 10 rings (SSSR count). The summed E-state index contributed by atoms with van der Waals surface area (Å²) in [5, 5.41) is 6.95. The fourth-order valence-corrected chi connectivity index (χ4v) is 7.14. The van der Waals surface area contributed by atoms with Gasteiger partial charge in [-0.3, -0.25) is 9.97 Å². The monoisotopic (exact) mass is 576 g/mol. The van der Waals surface area contributed by atoms with Crippen LogP contribution in [0.5, 0.6) is 0 Å². The number of hydrogen-bond donors (Lipinski definition) is 0. The molecule has 0 N–H and O–H groups in total. The minimum absolute atomic E-state index is 0.857. The molecule has 0 bridgehead atoms. The van der Waals surface area contributed by atoms with Crippen LogP contribution in [-0.4, -0.2) is 19.1 Å². The van der Waals surface area contributed by atoms with Crippen LogP contribution >= 0.6 is 0 Å². The van der Waals surface area contributed by atoms with Gasteiger partial charge >= 0.3 is 0 Å². The molecule has 5 aromatic carbocycles. The maximum Gasteiger partial charge on any atom is 0.143 e. The Hall–Kier alpha value is -6.20. The van der Waals surface area contributed by atoms with Crippen molar-refractivity contribution < 1.29 is 4.42 Å². The predicted octanol–water partition coefficient (Wildman–Crippen LogP) is 10.2. The molecular weight excluding hydrogens is 552 g/mol. The van der Waals surface area contributed by atoms with Gasteiger partial charge in [0.25, 0.3) is 0 Å². The van der Waals surface area contributed by atoms with Gasteiger partial charge in [0.2, 0.25) is 0 Å². The predicted molar refractivity (Wildman–Crippen MR) is 183 cm³/mol. The molecule has 0 spiro atoms. The van der Waals surface area contributed by atoms with E-state index in [9.17, 15) is 0 Å². The van der Waals surface area contributed by atoms with Gasteiger partial charge in [-0.2, -0.15) is 0 Å². The van der Waals surface area contributed by atoms with Gasteiger partial charge < -0.3 is 13.6 Å². The number of furan rings is 1. The molecule has 0 aliphatic carbocycles. The smallest absolute Gasteiger partial charge is 0.143 e. The fourth-order valence-electron chi connectivity index (χ4n) is 7.14. The first-order valence-corrected chi connectivity index (χ1v) is 15.1. The maximum absolute atomic E-state index is 6.60. The minimum Gasteiger partial charge on any atom is -0.455 e. The van der Waals surface area contributed by atoms with Crippen LogP contribution in [0.1, 0.15) is 0 Å². The first-order chi connectivity index (χ1) is 22.3. The van der Waals surface area contributed by atoms with E-state index in [0.717, 1.165) is 71.9 Å². The second kappa shape index (κ2) is 9.15. The lowest BCUT2D eigenvalue weighted by atomic mass is 10.0. The molecule has 0 atom stereocenters. The van der Waals surface area contributed by atoms with Crippen LogP contribution in [0.25, 0.3) is 88.1 Å². The van der Waals surface area contributed by atoms with Crippen molar-refractivity contribution in [1.29, 1.82) is 0 Å². The van der Waals surface area contributed by atoms with Gasteiger partial charge in [0, 0.05) is 67.7 Å². The number of benzene rings is 5. The molecule has 0 aliphatic heterocycles. The van der Waals surface area contributed by atoms with Crippen molar-refractivity contribution in [3.63, 3.8) is 0 Å². The molecule has 0 saturated heterocycles. The highest BCUT2D eigenvalue weighted by molar-refractivity contribution is 6.12. The molecule has 0 unspecified atom stereocenters. The molecule has 5 heteroatoms. The van der Waals surface area contributed by atoms with Crippen LogP contribution in [0, 0.1) is 0 Å². The van der Waals surface area contributed by atoms with Gasteiger partial charge in [-0.1, -0.05) is 72.8 Å².